The quantitative estimate of drug-likeness (QED) is 0.646. The van der Waals surface area contributed by atoms with Gasteiger partial charge in [-0.2, -0.15) is 4.80 Å². The van der Waals surface area contributed by atoms with Gasteiger partial charge < -0.3 is 5.32 Å². The zero-order valence-corrected chi connectivity index (χ0v) is 14.7. The number of nitrogens with zero attached hydrogens (tertiary/aromatic N) is 4. The molecule has 0 spiro atoms. The van der Waals surface area contributed by atoms with Gasteiger partial charge in [-0.05, 0) is 29.3 Å². The Kier molecular flexibility index (Phi) is 5.65. The minimum Gasteiger partial charge on any atom is -0.356 e. The van der Waals surface area contributed by atoms with Crippen LogP contribution in [0.2, 0.25) is 0 Å². The number of ketones is 1. The van der Waals surface area contributed by atoms with Crippen LogP contribution >= 0.6 is 0 Å². The van der Waals surface area contributed by atoms with Crippen molar-refractivity contribution in [2.45, 2.75) is 19.9 Å². The van der Waals surface area contributed by atoms with Gasteiger partial charge in [0.15, 0.2) is 5.78 Å². The molecule has 27 heavy (non-hydrogen) atoms. The summed E-state index contributed by atoms with van der Waals surface area (Å²) in [6, 6.07) is 13.0. The number of hydrogen-bond donors (Lipinski definition) is 1. The van der Waals surface area contributed by atoms with Crippen molar-refractivity contribution in [2.75, 3.05) is 6.54 Å². The monoisotopic (exact) mass is 367 g/mol. The molecule has 1 amide bonds. The first-order valence-electron chi connectivity index (χ1n) is 8.41. The standard InChI is InChI=1S/C19H18FN5O2/c1-13(26)21-10-9-14-5-7-15(8-6-14)18(27)12-25-23-19(22-24-25)16-3-2-4-17(20)11-16/h2-8,11H,9-10,12H2,1H3,(H,21,26). The molecule has 1 N–H and O–H groups in total. The number of nitrogens with one attached hydrogen (secondary N) is 1. The Balaban J connectivity index is 1.61. The molecule has 2 aromatic carbocycles. The Hall–Kier alpha value is -3.42. The van der Waals surface area contributed by atoms with Crippen molar-refractivity contribution in [3.05, 3.63) is 65.5 Å². The minimum absolute atomic E-state index is 0.0619. The number of carbonyl (C=O) groups is 2. The Morgan fingerprint density at radius 2 is 1.93 bits per heavy atom. The molecule has 0 fully saturated rings. The van der Waals surface area contributed by atoms with Gasteiger partial charge in [-0.1, -0.05) is 36.4 Å². The van der Waals surface area contributed by atoms with Crippen molar-refractivity contribution < 1.29 is 14.0 Å². The van der Waals surface area contributed by atoms with E-state index in [2.05, 4.69) is 20.7 Å². The maximum atomic E-state index is 13.3. The van der Waals surface area contributed by atoms with E-state index in [0.717, 1.165) is 5.56 Å². The van der Waals surface area contributed by atoms with Gasteiger partial charge in [0.1, 0.15) is 12.4 Å². The predicted molar refractivity (Wildman–Crippen MR) is 96.4 cm³/mol. The van der Waals surface area contributed by atoms with Crippen LogP contribution in [0.4, 0.5) is 4.39 Å². The summed E-state index contributed by atoms with van der Waals surface area (Å²) in [7, 11) is 0. The number of benzene rings is 2. The van der Waals surface area contributed by atoms with E-state index < -0.39 is 5.82 Å². The Morgan fingerprint density at radius 1 is 1.15 bits per heavy atom. The third-order valence-electron chi connectivity index (χ3n) is 3.88. The summed E-state index contributed by atoms with van der Waals surface area (Å²) in [6.07, 6.45) is 0.690. The van der Waals surface area contributed by atoms with Crippen LogP contribution in [0.3, 0.4) is 0 Å². The highest BCUT2D eigenvalue weighted by atomic mass is 19.1. The molecule has 0 unspecified atom stereocenters. The molecule has 0 saturated heterocycles. The highest BCUT2D eigenvalue weighted by Crippen LogP contribution is 2.14. The van der Waals surface area contributed by atoms with Crippen LogP contribution in [0, 0.1) is 5.82 Å². The van der Waals surface area contributed by atoms with Gasteiger partial charge in [0, 0.05) is 24.6 Å². The number of amides is 1. The molecule has 0 atom stereocenters. The van der Waals surface area contributed by atoms with Gasteiger partial charge >= 0.3 is 0 Å². The van der Waals surface area contributed by atoms with Gasteiger partial charge in [0.2, 0.25) is 11.7 Å². The summed E-state index contributed by atoms with van der Waals surface area (Å²) < 4.78 is 13.3. The first-order chi connectivity index (χ1) is 13.0. The van der Waals surface area contributed by atoms with Gasteiger partial charge in [-0.25, -0.2) is 4.39 Å². The van der Waals surface area contributed by atoms with Crippen LogP contribution in [-0.2, 0) is 17.8 Å². The van der Waals surface area contributed by atoms with E-state index in [1.807, 2.05) is 12.1 Å². The number of halogens is 1. The molecule has 138 valence electrons. The molecule has 1 aromatic heterocycles. The number of tetrazole rings is 1. The molecular weight excluding hydrogens is 349 g/mol. The Labute approximate surface area is 155 Å². The van der Waals surface area contributed by atoms with E-state index in [1.54, 1.807) is 24.3 Å². The van der Waals surface area contributed by atoms with Crippen molar-refractivity contribution >= 4 is 11.7 Å². The van der Waals surface area contributed by atoms with Crippen LogP contribution in [0.25, 0.3) is 11.4 Å². The second-order valence-corrected chi connectivity index (χ2v) is 6.01. The molecule has 0 radical (unpaired) electrons. The molecule has 0 saturated carbocycles. The lowest BCUT2D eigenvalue weighted by Gasteiger charge is -2.04. The van der Waals surface area contributed by atoms with E-state index in [0.29, 0.717) is 24.1 Å². The maximum absolute atomic E-state index is 13.3. The zero-order chi connectivity index (χ0) is 19.2. The van der Waals surface area contributed by atoms with Crippen LogP contribution in [0.1, 0.15) is 22.8 Å². The first kappa shape index (κ1) is 18.4. The topological polar surface area (TPSA) is 89.8 Å². The minimum atomic E-state index is -0.390. The van der Waals surface area contributed by atoms with E-state index in [9.17, 15) is 14.0 Å². The molecule has 0 aliphatic heterocycles. The Bertz CT molecular complexity index is 953. The van der Waals surface area contributed by atoms with Gasteiger partial charge in [0.25, 0.3) is 0 Å². The fraction of sp³-hybridized carbons (Fsp3) is 0.211. The van der Waals surface area contributed by atoms with Crippen molar-refractivity contribution in [1.82, 2.24) is 25.5 Å². The van der Waals surface area contributed by atoms with E-state index in [4.69, 9.17) is 0 Å². The van der Waals surface area contributed by atoms with Crippen LogP contribution in [0.15, 0.2) is 48.5 Å². The lowest BCUT2D eigenvalue weighted by molar-refractivity contribution is -0.118. The van der Waals surface area contributed by atoms with E-state index in [1.165, 1.54) is 23.9 Å². The van der Waals surface area contributed by atoms with E-state index in [-0.39, 0.29) is 24.1 Å². The smallest absolute Gasteiger partial charge is 0.216 e. The van der Waals surface area contributed by atoms with E-state index >= 15 is 0 Å². The summed E-state index contributed by atoms with van der Waals surface area (Å²) in [4.78, 5) is 24.4. The van der Waals surface area contributed by atoms with Crippen molar-refractivity contribution in [3.63, 3.8) is 0 Å². The highest BCUT2D eigenvalue weighted by Gasteiger charge is 2.11. The molecule has 1 heterocycles. The van der Waals surface area contributed by atoms with Crippen LogP contribution in [-0.4, -0.2) is 38.4 Å². The molecule has 0 bridgehead atoms. The molecular formula is C19H18FN5O2. The van der Waals surface area contributed by atoms with Crippen molar-refractivity contribution in [2.24, 2.45) is 0 Å². The van der Waals surface area contributed by atoms with Crippen LogP contribution in [0.5, 0.6) is 0 Å². The molecule has 0 aliphatic carbocycles. The first-order valence-corrected chi connectivity index (χ1v) is 8.41. The summed E-state index contributed by atoms with van der Waals surface area (Å²) in [5, 5.41) is 14.6. The average Bonchev–Trinajstić information content (AvgIpc) is 3.10. The summed E-state index contributed by atoms with van der Waals surface area (Å²) in [5.41, 5.74) is 2.05. The lowest BCUT2D eigenvalue weighted by Crippen LogP contribution is -2.22. The van der Waals surface area contributed by atoms with Crippen LogP contribution < -0.4 is 5.32 Å². The zero-order valence-electron chi connectivity index (χ0n) is 14.7. The second kappa shape index (κ2) is 8.31. The highest BCUT2D eigenvalue weighted by molar-refractivity contribution is 5.95. The van der Waals surface area contributed by atoms with Gasteiger partial charge in [0.05, 0.1) is 0 Å². The van der Waals surface area contributed by atoms with Crippen molar-refractivity contribution in [3.8, 4) is 11.4 Å². The normalized spacial score (nSPS) is 10.6. The largest absolute Gasteiger partial charge is 0.356 e. The molecule has 3 aromatic rings. The number of rotatable bonds is 7. The number of hydrogen-bond acceptors (Lipinski definition) is 5. The fourth-order valence-electron chi connectivity index (χ4n) is 2.51. The molecule has 8 heteroatoms. The second-order valence-electron chi connectivity index (χ2n) is 6.01. The average molecular weight is 367 g/mol. The van der Waals surface area contributed by atoms with Gasteiger partial charge in [-0.3, -0.25) is 9.59 Å². The van der Waals surface area contributed by atoms with Crippen molar-refractivity contribution in [1.29, 1.82) is 0 Å². The maximum Gasteiger partial charge on any atom is 0.216 e. The number of carbonyl (C=O) groups excluding carboxylic acids is 2. The number of aromatic nitrogens is 4. The third kappa shape index (κ3) is 5.04. The summed E-state index contributed by atoms with van der Waals surface area (Å²) >= 11 is 0. The fourth-order valence-corrected chi connectivity index (χ4v) is 2.51. The summed E-state index contributed by atoms with van der Waals surface area (Å²) in [5.74, 6) is -0.361. The summed E-state index contributed by atoms with van der Waals surface area (Å²) in [6.45, 7) is 1.96. The third-order valence-corrected chi connectivity index (χ3v) is 3.88. The molecule has 7 nitrogen and oxygen atoms in total. The predicted octanol–water partition coefficient (Wildman–Crippen LogP) is 2.04. The molecule has 3 rings (SSSR count). The SMILES string of the molecule is CC(=O)NCCc1ccc(C(=O)Cn2nnc(-c3cccc(F)c3)n2)cc1. The lowest BCUT2D eigenvalue weighted by atomic mass is 10.1. The molecule has 0 aliphatic rings. The number of Topliss-reactive ketones (excluding diaryl/α,β-unsaturated/α-hetero) is 1. The Morgan fingerprint density at radius 3 is 2.63 bits per heavy atom. The van der Waals surface area contributed by atoms with Gasteiger partial charge in [-0.15, -0.1) is 10.2 Å².